The molecule has 2 heterocycles. The van der Waals surface area contributed by atoms with Crippen LogP contribution in [0.2, 0.25) is 0 Å². The van der Waals surface area contributed by atoms with Crippen molar-refractivity contribution in [1.82, 2.24) is 14.1 Å². The summed E-state index contributed by atoms with van der Waals surface area (Å²) in [6.07, 6.45) is 1.81. The van der Waals surface area contributed by atoms with Crippen LogP contribution in [0.25, 0.3) is 16.9 Å². The summed E-state index contributed by atoms with van der Waals surface area (Å²) in [5, 5.41) is 0. The number of carbonyl (C=O) groups excluding carboxylic acids is 2. The monoisotopic (exact) mass is 281 g/mol. The van der Waals surface area contributed by atoms with Gasteiger partial charge in [0.15, 0.2) is 6.29 Å². The topological polar surface area (TPSA) is 74.0 Å². The van der Waals surface area contributed by atoms with Crippen LogP contribution in [0.4, 0.5) is 0 Å². The van der Waals surface area contributed by atoms with Crippen LogP contribution in [0.15, 0.2) is 53.5 Å². The van der Waals surface area contributed by atoms with Crippen molar-refractivity contribution >= 4 is 23.1 Å². The van der Waals surface area contributed by atoms with Crippen LogP contribution >= 0.6 is 0 Å². The Balaban J connectivity index is 2.31. The van der Waals surface area contributed by atoms with E-state index in [1.165, 1.54) is 9.13 Å². The molecular formula is C15H11N3O3. The molecule has 0 saturated carbocycles. The van der Waals surface area contributed by atoms with E-state index in [1.807, 2.05) is 0 Å². The summed E-state index contributed by atoms with van der Waals surface area (Å²) in [6.45, 7) is -0.275. The van der Waals surface area contributed by atoms with Gasteiger partial charge in [0, 0.05) is 6.20 Å². The number of pyridine rings is 1. The summed E-state index contributed by atoms with van der Waals surface area (Å²) in [5.74, 6) is -0.183. The van der Waals surface area contributed by atoms with Gasteiger partial charge in [-0.15, -0.1) is 0 Å². The number of para-hydroxylation sites is 2. The quantitative estimate of drug-likeness (QED) is 0.527. The molecule has 21 heavy (non-hydrogen) atoms. The van der Waals surface area contributed by atoms with E-state index in [1.54, 1.807) is 48.7 Å². The Morgan fingerprint density at radius 2 is 1.81 bits per heavy atom. The maximum Gasteiger partial charge on any atom is 0.335 e. The minimum absolute atomic E-state index is 0.222. The number of rotatable bonds is 4. The van der Waals surface area contributed by atoms with E-state index in [0.29, 0.717) is 16.9 Å². The van der Waals surface area contributed by atoms with Crippen molar-refractivity contribution in [2.75, 3.05) is 0 Å². The van der Waals surface area contributed by atoms with E-state index < -0.39 is 11.5 Å². The lowest BCUT2D eigenvalue weighted by atomic mass is 10.3. The van der Waals surface area contributed by atoms with Crippen LogP contribution < -0.4 is 5.69 Å². The molecule has 0 unspecified atom stereocenters. The van der Waals surface area contributed by atoms with Crippen LogP contribution in [0.1, 0.15) is 0 Å². The van der Waals surface area contributed by atoms with E-state index in [0.717, 1.165) is 0 Å². The van der Waals surface area contributed by atoms with E-state index >= 15 is 0 Å². The molecule has 1 aromatic carbocycles. The molecule has 0 aliphatic rings. The van der Waals surface area contributed by atoms with E-state index in [4.69, 9.17) is 0 Å². The fourth-order valence-corrected chi connectivity index (χ4v) is 2.26. The van der Waals surface area contributed by atoms with Crippen molar-refractivity contribution in [3.63, 3.8) is 0 Å². The van der Waals surface area contributed by atoms with Gasteiger partial charge in [0.25, 0.3) is 0 Å². The SMILES string of the molecule is O=CC(=O)Cn1c(=O)n(-c2ccccn2)c2ccccc21. The number of benzene rings is 1. The van der Waals surface area contributed by atoms with Crippen LogP contribution in [-0.4, -0.2) is 26.2 Å². The van der Waals surface area contributed by atoms with E-state index in [2.05, 4.69) is 4.98 Å². The minimum atomic E-state index is -0.652. The molecule has 3 aromatic rings. The first-order valence-electron chi connectivity index (χ1n) is 6.32. The molecule has 2 aromatic heterocycles. The van der Waals surface area contributed by atoms with Gasteiger partial charge in [0.1, 0.15) is 5.82 Å². The normalized spacial score (nSPS) is 10.7. The second kappa shape index (κ2) is 5.16. The van der Waals surface area contributed by atoms with Crippen LogP contribution in [0.5, 0.6) is 0 Å². The smallest absolute Gasteiger partial charge is 0.295 e. The predicted molar refractivity (Wildman–Crippen MR) is 76.4 cm³/mol. The number of Topliss-reactive ketones (excluding diaryl/α,β-unsaturated/α-hetero) is 1. The molecule has 6 heteroatoms. The Kier molecular flexibility index (Phi) is 3.19. The summed E-state index contributed by atoms with van der Waals surface area (Å²) in [5.41, 5.74) is 0.827. The first-order valence-corrected chi connectivity index (χ1v) is 6.32. The zero-order valence-corrected chi connectivity index (χ0v) is 11.0. The third kappa shape index (κ3) is 2.16. The second-order valence-electron chi connectivity index (χ2n) is 4.46. The average Bonchev–Trinajstić information content (AvgIpc) is 2.80. The van der Waals surface area contributed by atoms with Crippen LogP contribution in [0.3, 0.4) is 0 Å². The number of carbonyl (C=O) groups is 2. The molecule has 0 amide bonds. The number of nitrogens with zero attached hydrogens (tertiary/aromatic N) is 3. The van der Waals surface area contributed by atoms with E-state index in [9.17, 15) is 14.4 Å². The standard InChI is InChI=1S/C15H11N3O3/c19-10-11(20)9-17-12-5-1-2-6-13(12)18(15(17)21)14-7-3-4-8-16-14/h1-8,10H,9H2. The zero-order valence-electron chi connectivity index (χ0n) is 11.0. The predicted octanol–water partition coefficient (Wildman–Crippen LogP) is 0.955. The van der Waals surface area contributed by atoms with Gasteiger partial charge < -0.3 is 0 Å². The molecule has 104 valence electrons. The number of hydrogen-bond donors (Lipinski definition) is 0. The van der Waals surface area contributed by atoms with Gasteiger partial charge in [-0.3, -0.25) is 14.2 Å². The van der Waals surface area contributed by atoms with Gasteiger partial charge in [-0.1, -0.05) is 18.2 Å². The Labute approximate surface area is 119 Å². The number of ketones is 1. The van der Waals surface area contributed by atoms with E-state index in [-0.39, 0.29) is 12.8 Å². The average molecular weight is 281 g/mol. The molecule has 0 fully saturated rings. The van der Waals surface area contributed by atoms with Crippen molar-refractivity contribution in [2.45, 2.75) is 6.54 Å². The molecule has 0 aliphatic heterocycles. The second-order valence-corrected chi connectivity index (χ2v) is 4.46. The maximum atomic E-state index is 12.6. The molecule has 0 atom stereocenters. The molecule has 6 nitrogen and oxygen atoms in total. The highest BCUT2D eigenvalue weighted by Crippen LogP contribution is 2.15. The largest absolute Gasteiger partial charge is 0.335 e. The Bertz CT molecular complexity index is 878. The third-order valence-corrected chi connectivity index (χ3v) is 3.16. The highest BCUT2D eigenvalue weighted by molar-refractivity contribution is 6.24. The summed E-state index contributed by atoms with van der Waals surface area (Å²) < 4.78 is 2.70. The zero-order chi connectivity index (χ0) is 14.8. The lowest BCUT2D eigenvalue weighted by molar-refractivity contribution is -0.130. The van der Waals surface area contributed by atoms with Crippen LogP contribution in [-0.2, 0) is 16.1 Å². The van der Waals surface area contributed by atoms with Crippen molar-refractivity contribution in [2.24, 2.45) is 0 Å². The third-order valence-electron chi connectivity index (χ3n) is 3.16. The molecule has 0 saturated heterocycles. The molecule has 3 rings (SSSR count). The molecule has 0 aliphatic carbocycles. The highest BCUT2D eigenvalue weighted by Gasteiger charge is 2.16. The van der Waals surface area contributed by atoms with Crippen LogP contribution in [0, 0.1) is 0 Å². The van der Waals surface area contributed by atoms with Crippen molar-refractivity contribution in [1.29, 1.82) is 0 Å². The Hall–Kier alpha value is -3.02. The van der Waals surface area contributed by atoms with Gasteiger partial charge in [-0.25, -0.2) is 14.3 Å². The van der Waals surface area contributed by atoms with Crippen molar-refractivity contribution < 1.29 is 9.59 Å². The summed E-state index contributed by atoms with van der Waals surface area (Å²) in [6, 6.07) is 12.3. The molecule has 0 spiro atoms. The molecule has 0 N–H and O–H groups in total. The van der Waals surface area contributed by atoms with Gasteiger partial charge in [0.05, 0.1) is 17.6 Å². The van der Waals surface area contributed by atoms with Gasteiger partial charge in [-0.05, 0) is 24.3 Å². The summed E-state index contributed by atoms with van der Waals surface area (Å²) in [7, 11) is 0. The minimum Gasteiger partial charge on any atom is -0.295 e. The van der Waals surface area contributed by atoms with Gasteiger partial charge in [-0.2, -0.15) is 0 Å². The van der Waals surface area contributed by atoms with Crippen molar-refractivity contribution in [3.05, 3.63) is 59.1 Å². The fraction of sp³-hybridized carbons (Fsp3) is 0.0667. The molecular weight excluding hydrogens is 270 g/mol. The lowest BCUT2D eigenvalue weighted by Gasteiger charge is -2.00. The number of aromatic nitrogens is 3. The van der Waals surface area contributed by atoms with Gasteiger partial charge in [0.2, 0.25) is 5.78 Å². The maximum absolute atomic E-state index is 12.6. The molecule has 0 bridgehead atoms. The first kappa shape index (κ1) is 13.0. The number of imidazole rings is 1. The summed E-state index contributed by atoms with van der Waals surface area (Å²) >= 11 is 0. The molecule has 0 radical (unpaired) electrons. The lowest BCUT2D eigenvalue weighted by Crippen LogP contribution is -2.27. The van der Waals surface area contributed by atoms with Gasteiger partial charge >= 0.3 is 5.69 Å². The highest BCUT2D eigenvalue weighted by atomic mass is 16.2. The number of fused-ring (bicyclic) bond motifs is 1. The fourth-order valence-electron chi connectivity index (χ4n) is 2.26. The number of aldehydes is 1. The Morgan fingerprint density at radius 3 is 2.48 bits per heavy atom. The number of hydrogen-bond acceptors (Lipinski definition) is 4. The first-order chi connectivity index (χ1) is 10.2. The summed E-state index contributed by atoms with van der Waals surface area (Å²) in [4.78, 5) is 38.6. The van der Waals surface area contributed by atoms with Crippen molar-refractivity contribution in [3.8, 4) is 5.82 Å². The Morgan fingerprint density at radius 1 is 1.10 bits per heavy atom.